The molecule has 3 atom stereocenters. The van der Waals surface area contributed by atoms with E-state index in [0.717, 1.165) is 61.9 Å². The number of esters is 1. The lowest BCUT2D eigenvalue weighted by atomic mass is 9.81. The first-order valence-corrected chi connectivity index (χ1v) is 13.6. The molecule has 220 valence electrons. The molecule has 2 saturated heterocycles. The van der Waals surface area contributed by atoms with E-state index in [4.69, 9.17) is 14.2 Å². The molecule has 12 heteroatoms. The first kappa shape index (κ1) is 28.7. The van der Waals surface area contributed by atoms with E-state index in [1.807, 2.05) is 0 Å². The van der Waals surface area contributed by atoms with Gasteiger partial charge < -0.3 is 19.5 Å². The Balaban J connectivity index is 1.22. The van der Waals surface area contributed by atoms with Crippen molar-refractivity contribution < 1.29 is 41.8 Å². The Morgan fingerprint density at radius 2 is 1.73 bits per heavy atom. The summed E-state index contributed by atoms with van der Waals surface area (Å²) in [4.78, 5) is 41.4. The summed E-state index contributed by atoms with van der Waals surface area (Å²) in [5.41, 5.74) is 1.03. The molecule has 0 bridgehead atoms. The Labute approximate surface area is 235 Å². The number of benzene rings is 2. The molecule has 3 amide bonds. The first-order valence-electron chi connectivity index (χ1n) is 13.6. The summed E-state index contributed by atoms with van der Waals surface area (Å²) in [6.45, 7) is 1.32. The largest absolute Gasteiger partial charge is 0.496 e. The third-order valence-electron chi connectivity index (χ3n) is 8.32. The van der Waals surface area contributed by atoms with E-state index in [-0.39, 0.29) is 23.3 Å². The van der Waals surface area contributed by atoms with Gasteiger partial charge in [-0.1, -0.05) is 12.1 Å². The van der Waals surface area contributed by atoms with Crippen molar-refractivity contribution in [2.24, 2.45) is 0 Å². The molecule has 41 heavy (non-hydrogen) atoms. The number of rotatable bonds is 6. The Morgan fingerprint density at radius 1 is 0.976 bits per heavy atom. The maximum absolute atomic E-state index is 14.0. The van der Waals surface area contributed by atoms with Gasteiger partial charge in [-0.2, -0.15) is 0 Å². The van der Waals surface area contributed by atoms with Crippen molar-refractivity contribution in [2.45, 2.75) is 62.3 Å². The van der Waals surface area contributed by atoms with E-state index in [0.29, 0.717) is 24.8 Å². The van der Waals surface area contributed by atoms with Crippen LogP contribution in [0.2, 0.25) is 0 Å². The average Bonchev–Trinajstić information content (AvgIpc) is 3.58. The van der Waals surface area contributed by atoms with Crippen molar-refractivity contribution >= 4 is 18.1 Å². The SMILES string of the molecule is COC(=O)[C@@H]1OC(=O)N(C(=O)N[C@@H]2CCN([C@H]3CC[C@H](c4ccc(F)cc4OC)CC3)C2)[C@H]1c1ccc(F)c(F)c1. The molecule has 2 aliphatic heterocycles. The number of likely N-dealkylation sites (tertiary alicyclic amines) is 1. The predicted octanol–water partition coefficient (Wildman–Crippen LogP) is 4.66. The number of amides is 3. The number of urea groups is 1. The van der Waals surface area contributed by atoms with Gasteiger partial charge in [-0.05, 0) is 67.3 Å². The molecule has 9 nitrogen and oxygen atoms in total. The van der Waals surface area contributed by atoms with Gasteiger partial charge in [-0.15, -0.1) is 0 Å². The van der Waals surface area contributed by atoms with Gasteiger partial charge in [0.05, 0.1) is 14.2 Å². The van der Waals surface area contributed by atoms with E-state index in [9.17, 15) is 27.6 Å². The Hall–Kier alpha value is -3.80. The number of ether oxygens (including phenoxy) is 3. The van der Waals surface area contributed by atoms with Crippen molar-refractivity contribution in [1.29, 1.82) is 0 Å². The van der Waals surface area contributed by atoms with Crippen LogP contribution in [0, 0.1) is 17.5 Å². The van der Waals surface area contributed by atoms with E-state index in [1.165, 1.54) is 18.2 Å². The van der Waals surface area contributed by atoms with Crippen LogP contribution in [-0.4, -0.2) is 73.4 Å². The fraction of sp³-hybridized carbons (Fsp3) is 0.483. The zero-order valence-corrected chi connectivity index (χ0v) is 22.8. The minimum absolute atomic E-state index is 0.0166. The summed E-state index contributed by atoms with van der Waals surface area (Å²) in [7, 11) is 2.64. The van der Waals surface area contributed by atoms with Crippen molar-refractivity contribution in [3.8, 4) is 5.75 Å². The molecular weight excluding hydrogens is 543 g/mol. The molecule has 2 heterocycles. The average molecular weight is 576 g/mol. The highest BCUT2D eigenvalue weighted by atomic mass is 19.2. The second-order valence-corrected chi connectivity index (χ2v) is 10.6. The van der Waals surface area contributed by atoms with Crippen LogP contribution in [0.5, 0.6) is 5.75 Å². The number of carbonyl (C=O) groups is 3. The fourth-order valence-electron chi connectivity index (χ4n) is 6.26. The van der Waals surface area contributed by atoms with Crippen LogP contribution >= 0.6 is 0 Å². The van der Waals surface area contributed by atoms with Crippen LogP contribution in [0.1, 0.15) is 55.2 Å². The molecular formula is C29H32F3N3O6. The minimum atomic E-state index is -1.53. The number of nitrogens with one attached hydrogen (secondary N) is 1. The number of methoxy groups -OCH3 is 2. The summed E-state index contributed by atoms with van der Waals surface area (Å²) >= 11 is 0. The number of hydrogen-bond acceptors (Lipinski definition) is 7. The molecule has 2 aromatic rings. The quantitative estimate of drug-likeness (QED) is 0.501. The molecule has 1 N–H and O–H groups in total. The molecule has 0 unspecified atom stereocenters. The molecule has 3 fully saturated rings. The lowest BCUT2D eigenvalue weighted by Gasteiger charge is -2.35. The second kappa shape index (κ2) is 12.0. The smallest absolute Gasteiger partial charge is 0.419 e. The maximum atomic E-state index is 14.0. The third kappa shape index (κ3) is 5.83. The van der Waals surface area contributed by atoms with Crippen LogP contribution in [0.25, 0.3) is 0 Å². The van der Waals surface area contributed by atoms with Gasteiger partial charge in [0.25, 0.3) is 0 Å². The zero-order chi connectivity index (χ0) is 29.3. The number of cyclic esters (lactones) is 1. The lowest BCUT2D eigenvalue weighted by Crippen LogP contribution is -2.48. The number of hydrogen-bond donors (Lipinski definition) is 1. The van der Waals surface area contributed by atoms with Gasteiger partial charge in [-0.25, -0.2) is 32.5 Å². The van der Waals surface area contributed by atoms with Crippen molar-refractivity contribution in [2.75, 3.05) is 27.3 Å². The highest BCUT2D eigenvalue weighted by Crippen LogP contribution is 2.40. The predicted molar refractivity (Wildman–Crippen MR) is 140 cm³/mol. The fourth-order valence-corrected chi connectivity index (χ4v) is 6.26. The van der Waals surface area contributed by atoms with Crippen LogP contribution in [0.3, 0.4) is 0 Å². The van der Waals surface area contributed by atoms with Crippen molar-refractivity contribution in [3.63, 3.8) is 0 Å². The van der Waals surface area contributed by atoms with Gasteiger partial charge in [0.1, 0.15) is 17.6 Å². The van der Waals surface area contributed by atoms with Gasteiger partial charge in [0, 0.05) is 31.2 Å². The molecule has 5 rings (SSSR count). The molecule has 2 aromatic carbocycles. The number of carbonyl (C=O) groups excluding carboxylic acids is 3. The van der Waals surface area contributed by atoms with Gasteiger partial charge in [-0.3, -0.25) is 4.90 Å². The van der Waals surface area contributed by atoms with Gasteiger partial charge in [0.15, 0.2) is 11.6 Å². The van der Waals surface area contributed by atoms with Crippen LogP contribution in [0.4, 0.5) is 22.8 Å². The number of halogens is 3. The Morgan fingerprint density at radius 3 is 2.41 bits per heavy atom. The highest BCUT2D eigenvalue weighted by molar-refractivity contribution is 5.96. The normalized spacial score (nSPS) is 26.5. The molecule has 0 radical (unpaired) electrons. The van der Waals surface area contributed by atoms with E-state index < -0.39 is 41.9 Å². The summed E-state index contributed by atoms with van der Waals surface area (Å²) in [5, 5.41) is 2.85. The molecule has 1 aliphatic carbocycles. The van der Waals surface area contributed by atoms with Crippen LogP contribution in [0.15, 0.2) is 36.4 Å². The molecule has 1 saturated carbocycles. The van der Waals surface area contributed by atoms with E-state index in [1.54, 1.807) is 13.2 Å². The van der Waals surface area contributed by atoms with Gasteiger partial charge >= 0.3 is 18.1 Å². The zero-order valence-electron chi connectivity index (χ0n) is 22.8. The first-order chi connectivity index (χ1) is 19.7. The lowest BCUT2D eigenvalue weighted by molar-refractivity contribution is -0.150. The van der Waals surface area contributed by atoms with Crippen LogP contribution < -0.4 is 10.1 Å². The Kier molecular flexibility index (Phi) is 8.39. The topological polar surface area (TPSA) is 97.4 Å². The Bertz CT molecular complexity index is 1320. The summed E-state index contributed by atoms with van der Waals surface area (Å²) in [6.07, 6.45) is 1.74. The maximum Gasteiger partial charge on any atom is 0.419 e. The molecule has 0 aromatic heterocycles. The molecule has 0 spiro atoms. The summed E-state index contributed by atoms with van der Waals surface area (Å²) < 4.78 is 56.5. The van der Waals surface area contributed by atoms with E-state index in [2.05, 4.69) is 10.2 Å². The molecule has 3 aliphatic rings. The van der Waals surface area contributed by atoms with Crippen molar-refractivity contribution in [1.82, 2.24) is 15.1 Å². The van der Waals surface area contributed by atoms with Crippen molar-refractivity contribution in [3.05, 3.63) is 65.0 Å². The minimum Gasteiger partial charge on any atom is -0.496 e. The van der Waals surface area contributed by atoms with Gasteiger partial charge in [0.2, 0.25) is 6.10 Å². The summed E-state index contributed by atoms with van der Waals surface area (Å²) in [5.74, 6) is -2.72. The van der Waals surface area contributed by atoms with E-state index >= 15 is 0 Å². The summed E-state index contributed by atoms with van der Waals surface area (Å²) in [6, 6.07) is 5.45. The standard InChI is InChI=1S/C29H32F3N3O6/c1-39-24-14-18(30)6-9-21(24)16-3-7-20(8-4-16)34-12-11-19(15-34)33-28(37)35-25(17-5-10-22(31)23(32)13-17)26(27(36)40-2)41-29(35)38/h5-6,9-10,13-14,16,19-20,25-26H,3-4,7-8,11-12,15H2,1-2H3,(H,33,37)/t16-,19-,20-,25+,26-/m1/s1. The monoisotopic (exact) mass is 575 g/mol. The third-order valence-corrected chi connectivity index (χ3v) is 8.32. The number of nitrogens with zero attached hydrogens (tertiary/aromatic N) is 2. The number of imide groups is 1. The highest BCUT2D eigenvalue weighted by Gasteiger charge is 2.51. The van der Waals surface area contributed by atoms with Crippen LogP contribution in [-0.2, 0) is 14.3 Å². The second-order valence-electron chi connectivity index (χ2n) is 10.6.